The molecule has 1 N–H and O–H groups in total. The van der Waals surface area contributed by atoms with Gasteiger partial charge in [0.1, 0.15) is 11.9 Å². The predicted molar refractivity (Wildman–Crippen MR) is 68.5 cm³/mol. The molecule has 0 radical (unpaired) electrons. The van der Waals surface area contributed by atoms with Crippen molar-refractivity contribution in [3.63, 3.8) is 0 Å². The Morgan fingerprint density at radius 1 is 1.42 bits per heavy atom. The van der Waals surface area contributed by atoms with Crippen LogP contribution in [0.3, 0.4) is 0 Å². The van der Waals surface area contributed by atoms with Crippen molar-refractivity contribution >= 4 is 0 Å². The third kappa shape index (κ3) is 2.46. The summed E-state index contributed by atoms with van der Waals surface area (Å²) in [6.45, 7) is 2.58. The molecule has 0 spiro atoms. The van der Waals surface area contributed by atoms with Gasteiger partial charge in [0, 0.05) is 6.61 Å². The van der Waals surface area contributed by atoms with Crippen LogP contribution in [0.2, 0.25) is 0 Å². The van der Waals surface area contributed by atoms with Crippen LogP contribution >= 0.6 is 0 Å². The minimum absolute atomic E-state index is 0.0895. The molecular formula is C14H16N2O3. The standard InChI is InChI=1S/C14H16N2O3/c1-2-18-12(9-7-8-9)13-15-14(19-16-13)10-5-3-4-6-11(10)17/h3-6,9,12,17H,2,7-8H2,1H3. The lowest BCUT2D eigenvalue weighted by Gasteiger charge is -2.10. The van der Waals surface area contributed by atoms with Crippen LogP contribution in [-0.4, -0.2) is 21.9 Å². The summed E-state index contributed by atoms with van der Waals surface area (Å²) in [5.74, 6) is 1.54. The summed E-state index contributed by atoms with van der Waals surface area (Å²) in [5.41, 5.74) is 0.548. The number of hydrogen-bond donors (Lipinski definition) is 1. The molecule has 1 aromatic carbocycles. The molecule has 1 aliphatic rings. The van der Waals surface area contributed by atoms with E-state index in [1.54, 1.807) is 18.2 Å². The lowest BCUT2D eigenvalue weighted by molar-refractivity contribution is 0.0385. The normalized spacial score (nSPS) is 16.5. The van der Waals surface area contributed by atoms with E-state index in [0.29, 0.717) is 29.8 Å². The lowest BCUT2D eigenvalue weighted by atomic mass is 10.2. The zero-order valence-corrected chi connectivity index (χ0v) is 10.7. The van der Waals surface area contributed by atoms with Crippen LogP contribution in [0, 0.1) is 5.92 Å². The topological polar surface area (TPSA) is 68.4 Å². The van der Waals surface area contributed by atoms with Crippen LogP contribution < -0.4 is 0 Å². The van der Waals surface area contributed by atoms with E-state index in [0.717, 1.165) is 12.8 Å². The van der Waals surface area contributed by atoms with Crippen molar-refractivity contribution < 1.29 is 14.4 Å². The Balaban J connectivity index is 1.88. The van der Waals surface area contributed by atoms with Crippen molar-refractivity contribution in [1.29, 1.82) is 0 Å². The van der Waals surface area contributed by atoms with E-state index in [-0.39, 0.29) is 11.9 Å². The second kappa shape index (κ2) is 5.01. The van der Waals surface area contributed by atoms with Gasteiger partial charge in [0.2, 0.25) is 5.82 Å². The first-order valence-corrected chi connectivity index (χ1v) is 6.53. The summed E-state index contributed by atoms with van der Waals surface area (Å²) in [4.78, 5) is 4.36. The molecule has 1 aromatic heterocycles. The number of rotatable bonds is 5. The zero-order valence-electron chi connectivity index (χ0n) is 10.7. The molecule has 19 heavy (non-hydrogen) atoms. The number of aromatic nitrogens is 2. The van der Waals surface area contributed by atoms with Gasteiger partial charge in [0.05, 0.1) is 5.56 Å². The first-order valence-electron chi connectivity index (χ1n) is 6.53. The van der Waals surface area contributed by atoms with Gasteiger partial charge in [-0.3, -0.25) is 0 Å². The number of benzene rings is 1. The number of phenols is 1. The Morgan fingerprint density at radius 3 is 2.89 bits per heavy atom. The van der Waals surface area contributed by atoms with Crippen molar-refractivity contribution in [2.24, 2.45) is 5.92 Å². The molecule has 1 heterocycles. The molecule has 3 rings (SSSR count). The van der Waals surface area contributed by atoms with E-state index in [2.05, 4.69) is 10.1 Å². The minimum atomic E-state index is -0.0895. The van der Waals surface area contributed by atoms with E-state index in [4.69, 9.17) is 9.26 Å². The van der Waals surface area contributed by atoms with Crippen molar-refractivity contribution in [2.75, 3.05) is 6.61 Å². The van der Waals surface area contributed by atoms with Gasteiger partial charge in [-0.25, -0.2) is 0 Å². The van der Waals surface area contributed by atoms with Gasteiger partial charge in [-0.15, -0.1) is 0 Å². The van der Waals surface area contributed by atoms with E-state index in [9.17, 15) is 5.11 Å². The summed E-state index contributed by atoms with van der Waals surface area (Å²) in [7, 11) is 0. The number of hydrogen-bond acceptors (Lipinski definition) is 5. The third-order valence-electron chi connectivity index (χ3n) is 3.23. The van der Waals surface area contributed by atoms with Crippen molar-refractivity contribution in [3.05, 3.63) is 30.1 Å². The number of phenolic OH excluding ortho intramolecular Hbond substituents is 1. The van der Waals surface area contributed by atoms with Crippen LogP contribution in [0.5, 0.6) is 5.75 Å². The summed E-state index contributed by atoms with van der Waals surface area (Å²) in [5, 5.41) is 13.8. The maximum absolute atomic E-state index is 9.78. The maximum Gasteiger partial charge on any atom is 0.261 e. The van der Waals surface area contributed by atoms with E-state index < -0.39 is 0 Å². The fourth-order valence-corrected chi connectivity index (χ4v) is 2.11. The second-order valence-corrected chi connectivity index (χ2v) is 4.69. The Hall–Kier alpha value is -1.88. The van der Waals surface area contributed by atoms with Crippen molar-refractivity contribution in [3.8, 4) is 17.2 Å². The van der Waals surface area contributed by atoms with Crippen LogP contribution in [0.15, 0.2) is 28.8 Å². The molecule has 2 aromatic rings. The van der Waals surface area contributed by atoms with Crippen molar-refractivity contribution in [1.82, 2.24) is 10.1 Å². The molecule has 1 atom stereocenters. The van der Waals surface area contributed by atoms with Gasteiger partial charge in [0.15, 0.2) is 0 Å². The molecule has 0 bridgehead atoms. The molecule has 1 fully saturated rings. The van der Waals surface area contributed by atoms with Gasteiger partial charge in [-0.05, 0) is 37.8 Å². The predicted octanol–water partition coefficient (Wildman–Crippen LogP) is 2.93. The number of nitrogens with zero attached hydrogens (tertiary/aromatic N) is 2. The zero-order chi connectivity index (χ0) is 13.2. The smallest absolute Gasteiger partial charge is 0.261 e. The van der Waals surface area contributed by atoms with Gasteiger partial charge in [0.25, 0.3) is 5.89 Å². The fourth-order valence-electron chi connectivity index (χ4n) is 2.11. The minimum Gasteiger partial charge on any atom is -0.507 e. The van der Waals surface area contributed by atoms with Crippen molar-refractivity contribution in [2.45, 2.75) is 25.9 Å². The number of para-hydroxylation sites is 1. The van der Waals surface area contributed by atoms with E-state index in [1.165, 1.54) is 0 Å². The molecule has 1 aliphatic carbocycles. The molecule has 5 nitrogen and oxygen atoms in total. The first kappa shape index (κ1) is 12.2. The van der Waals surface area contributed by atoms with Gasteiger partial charge in [-0.2, -0.15) is 4.98 Å². The highest BCUT2D eigenvalue weighted by Gasteiger charge is 2.36. The van der Waals surface area contributed by atoms with E-state index >= 15 is 0 Å². The molecule has 0 saturated heterocycles. The van der Waals surface area contributed by atoms with Crippen LogP contribution in [0.4, 0.5) is 0 Å². The molecule has 100 valence electrons. The third-order valence-corrected chi connectivity index (χ3v) is 3.23. The molecule has 1 saturated carbocycles. The monoisotopic (exact) mass is 260 g/mol. The van der Waals surface area contributed by atoms with Gasteiger partial charge < -0.3 is 14.4 Å². The Morgan fingerprint density at radius 2 is 2.21 bits per heavy atom. The summed E-state index contributed by atoms with van der Waals surface area (Å²) in [6, 6.07) is 6.92. The summed E-state index contributed by atoms with van der Waals surface area (Å²) in [6.07, 6.45) is 2.20. The number of aromatic hydroxyl groups is 1. The Labute approximate surface area is 111 Å². The Kier molecular flexibility index (Phi) is 3.21. The average Bonchev–Trinajstić information content (AvgIpc) is 3.14. The number of ether oxygens (including phenoxy) is 1. The van der Waals surface area contributed by atoms with Crippen LogP contribution in [0.1, 0.15) is 31.7 Å². The van der Waals surface area contributed by atoms with Gasteiger partial charge >= 0.3 is 0 Å². The highest BCUT2D eigenvalue weighted by atomic mass is 16.5. The quantitative estimate of drug-likeness (QED) is 0.895. The fraction of sp³-hybridized carbons (Fsp3) is 0.429. The Bertz CT molecular complexity index is 563. The molecule has 0 amide bonds. The highest BCUT2D eigenvalue weighted by Crippen LogP contribution is 2.42. The van der Waals surface area contributed by atoms with Crippen LogP contribution in [0.25, 0.3) is 11.5 Å². The molecular weight excluding hydrogens is 244 g/mol. The van der Waals surface area contributed by atoms with Crippen LogP contribution in [-0.2, 0) is 4.74 Å². The second-order valence-electron chi connectivity index (χ2n) is 4.69. The lowest BCUT2D eigenvalue weighted by Crippen LogP contribution is -2.08. The highest BCUT2D eigenvalue weighted by molar-refractivity contribution is 5.61. The molecule has 1 unspecified atom stereocenters. The SMILES string of the molecule is CCOC(c1noc(-c2ccccc2O)n1)C1CC1. The maximum atomic E-state index is 9.78. The first-order chi connectivity index (χ1) is 9.29. The molecule has 5 heteroatoms. The van der Waals surface area contributed by atoms with E-state index in [1.807, 2.05) is 13.0 Å². The summed E-state index contributed by atoms with van der Waals surface area (Å²) >= 11 is 0. The molecule has 0 aliphatic heterocycles. The van der Waals surface area contributed by atoms with Gasteiger partial charge in [-0.1, -0.05) is 17.3 Å². The largest absolute Gasteiger partial charge is 0.507 e. The average molecular weight is 260 g/mol. The summed E-state index contributed by atoms with van der Waals surface area (Å²) < 4.78 is 10.9.